The molecule has 4 atom stereocenters. The molecule has 1 aromatic carbocycles. The van der Waals surface area contributed by atoms with Gasteiger partial charge in [-0.3, -0.25) is 15.0 Å². The summed E-state index contributed by atoms with van der Waals surface area (Å²) in [5.74, 6) is 0.225. The number of carbonyl (C=O) groups excluding carboxylic acids is 2. The van der Waals surface area contributed by atoms with E-state index < -0.39 is 0 Å². The summed E-state index contributed by atoms with van der Waals surface area (Å²) in [4.78, 5) is 30.2. The van der Waals surface area contributed by atoms with Gasteiger partial charge in [-0.25, -0.2) is 4.39 Å². The number of hydrogen-bond acceptors (Lipinski definition) is 6. The molecule has 2 fully saturated rings. The van der Waals surface area contributed by atoms with Gasteiger partial charge in [-0.1, -0.05) is 50.2 Å². The van der Waals surface area contributed by atoms with Crippen LogP contribution in [0.1, 0.15) is 52.0 Å². The van der Waals surface area contributed by atoms with Crippen molar-refractivity contribution in [3.63, 3.8) is 0 Å². The molecule has 2 N–H and O–H groups in total. The molecule has 1 aromatic rings. The molecule has 186 valence electrons. The number of amidine groups is 1. The summed E-state index contributed by atoms with van der Waals surface area (Å²) in [5.41, 5.74) is 3.56. The average molecular weight is 510 g/mol. The number of hydrogen-bond donors (Lipinski definition) is 2. The van der Waals surface area contributed by atoms with Gasteiger partial charge in [-0.15, -0.1) is 0 Å². The largest absolute Gasteiger partial charge is 0.356 e. The van der Waals surface area contributed by atoms with Crippen LogP contribution in [0.2, 0.25) is 5.02 Å². The maximum absolute atomic E-state index is 14.3. The number of hydrazone groups is 1. The van der Waals surface area contributed by atoms with E-state index in [0.717, 1.165) is 6.42 Å². The molecule has 0 spiro atoms. The minimum absolute atomic E-state index is 0.0589. The SMILES string of the molecule is CCCN1C(=O)C2CCC(C(=O)NCC(C)C)CC2N2C(SCc3c(F)cccc3Cl)=NNC12. The molecular formula is C24H33ClFN5O2S. The first-order valence-electron chi connectivity index (χ1n) is 12.1. The fourth-order valence-corrected chi connectivity index (χ4v) is 6.41. The number of halogens is 2. The zero-order chi connectivity index (χ0) is 24.4. The van der Waals surface area contributed by atoms with Crippen molar-refractivity contribution < 1.29 is 14.0 Å². The van der Waals surface area contributed by atoms with Gasteiger partial charge in [0.15, 0.2) is 11.5 Å². The molecule has 3 aliphatic rings. The smallest absolute Gasteiger partial charge is 0.230 e. The zero-order valence-electron chi connectivity index (χ0n) is 19.9. The number of nitrogens with one attached hydrogen (secondary N) is 2. The van der Waals surface area contributed by atoms with E-state index in [1.165, 1.54) is 17.8 Å². The molecule has 1 saturated carbocycles. The average Bonchev–Trinajstić information content (AvgIpc) is 3.23. The second kappa shape index (κ2) is 10.7. The van der Waals surface area contributed by atoms with E-state index in [4.69, 9.17) is 11.6 Å². The normalized spacial score (nSPS) is 26.2. The molecule has 1 aliphatic carbocycles. The standard InChI is InChI=1S/C24H33ClFN5O2S/c1-4-10-30-22(33)16-9-8-15(21(32)27-12-14(2)3)11-20(16)31-23(30)28-29-24(31)34-13-17-18(25)6-5-7-19(17)26/h5-7,14-16,20,23,28H,4,8-13H2,1-3H3,(H,27,32). The Morgan fingerprint density at radius 1 is 1.38 bits per heavy atom. The van der Waals surface area contributed by atoms with Crippen molar-refractivity contribution in [1.29, 1.82) is 0 Å². The van der Waals surface area contributed by atoms with Crippen LogP contribution >= 0.6 is 23.4 Å². The fraction of sp³-hybridized carbons (Fsp3) is 0.625. The number of carbonyl (C=O) groups is 2. The quantitative estimate of drug-likeness (QED) is 0.581. The van der Waals surface area contributed by atoms with Crippen molar-refractivity contribution in [1.82, 2.24) is 20.5 Å². The molecule has 0 bridgehead atoms. The van der Waals surface area contributed by atoms with Crippen LogP contribution in [-0.2, 0) is 15.3 Å². The van der Waals surface area contributed by atoms with Crippen molar-refractivity contribution in [2.24, 2.45) is 22.9 Å². The highest BCUT2D eigenvalue weighted by molar-refractivity contribution is 8.13. The molecule has 7 nitrogen and oxygen atoms in total. The highest BCUT2D eigenvalue weighted by Crippen LogP contribution is 2.41. The third-order valence-electron chi connectivity index (χ3n) is 6.76. The van der Waals surface area contributed by atoms with E-state index in [2.05, 4.69) is 34.6 Å². The lowest BCUT2D eigenvalue weighted by molar-refractivity contribution is -0.157. The van der Waals surface area contributed by atoms with Gasteiger partial charge in [0.1, 0.15) is 5.82 Å². The second-order valence-corrected chi connectivity index (χ2v) is 11.0. The lowest BCUT2D eigenvalue weighted by Crippen LogP contribution is -2.68. The van der Waals surface area contributed by atoms with Crippen molar-refractivity contribution in [3.8, 4) is 0 Å². The van der Waals surface area contributed by atoms with Gasteiger partial charge in [-0.2, -0.15) is 5.10 Å². The van der Waals surface area contributed by atoms with E-state index >= 15 is 0 Å². The van der Waals surface area contributed by atoms with Gasteiger partial charge in [0, 0.05) is 41.4 Å². The highest BCUT2D eigenvalue weighted by Gasteiger charge is 2.52. The number of fused-ring (bicyclic) bond motifs is 3. The molecule has 4 rings (SSSR count). The molecule has 10 heteroatoms. The Bertz CT molecular complexity index is 941. The maximum Gasteiger partial charge on any atom is 0.230 e. The van der Waals surface area contributed by atoms with Gasteiger partial charge >= 0.3 is 0 Å². The molecule has 4 unspecified atom stereocenters. The summed E-state index contributed by atoms with van der Waals surface area (Å²) in [6, 6.07) is 4.54. The number of rotatable bonds is 7. The molecule has 2 heterocycles. The summed E-state index contributed by atoms with van der Waals surface area (Å²) in [7, 11) is 0. The summed E-state index contributed by atoms with van der Waals surface area (Å²) in [6.45, 7) is 7.46. The first-order chi connectivity index (χ1) is 16.3. The second-order valence-electron chi connectivity index (χ2n) is 9.65. The zero-order valence-corrected chi connectivity index (χ0v) is 21.5. The van der Waals surface area contributed by atoms with Crippen LogP contribution < -0.4 is 10.7 Å². The Morgan fingerprint density at radius 2 is 2.18 bits per heavy atom. The summed E-state index contributed by atoms with van der Waals surface area (Å²) < 4.78 is 14.3. The third-order valence-corrected chi connectivity index (χ3v) is 8.10. The van der Waals surface area contributed by atoms with Gasteiger partial charge < -0.3 is 15.1 Å². The lowest BCUT2D eigenvalue weighted by Gasteiger charge is -2.51. The molecule has 2 amide bonds. The van der Waals surface area contributed by atoms with Gasteiger partial charge in [0.05, 0.1) is 5.92 Å². The molecular weight excluding hydrogens is 477 g/mol. The summed E-state index contributed by atoms with van der Waals surface area (Å²) in [5, 5.41) is 8.68. The predicted octanol–water partition coefficient (Wildman–Crippen LogP) is 3.98. The number of benzene rings is 1. The molecule has 1 saturated heterocycles. The number of nitrogens with zero attached hydrogens (tertiary/aromatic N) is 3. The van der Waals surface area contributed by atoms with Gasteiger partial charge in [0.25, 0.3) is 0 Å². The van der Waals surface area contributed by atoms with E-state index in [-0.39, 0.29) is 41.8 Å². The monoisotopic (exact) mass is 509 g/mol. The molecule has 2 aliphatic heterocycles. The van der Waals surface area contributed by atoms with E-state index in [1.54, 1.807) is 12.1 Å². The van der Waals surface area contributed by atoms with Crippen LogP contribution in [0, 0.1) is 23.6 Å². The van der Waals surface area contributed by atoms with Crippen LogP contribution in [0.25, 0.3) is 0 Å². The van der Waals surface area contributed by atoms with Crippen LogP contribution in [0.4, 0.5) is 4.39 Å². The van der Waals surface area contributed by atoms with Gasteiger partial charge in [-0.05, 0) is 43.7 Å². The molecule has 0 radical (unpaired) electrons. The van der Waals surface area contributed by atoms with Crippen LogP contribution in [-0.4, -0.2) is 52.2 Å². The third kappa shape index (κ3) is 5.00. The number of amides is 2. The summed E-state index contributed by atoms with van der Waals surface area (Å²) in [6.07, 6.45) is 2.42. The van der Waals surface area contributed by atoms with Crippen LogP contribution in [0.15, 0.2) is 23.3 Å². The predicted molar refractivity (Wildman–Crippen MR) is 133 cm³/mol. The van der Waals surface area contributed by atoms with Crippen molar-refractivity contribution in [3.05, 3.63) is 34.6 Å². The first-order valence-corrected chi connectivity index (χ1v) is 13.4. The van der Waals surface area contributed by atoms with Crippen molar-refractivity contribution in [2.75, 3.05) is 13.1 Å². The van der Waals surface area contributed by atoms with Crippen molar-refractivity contribution in [2.45, 2.75) is 64.5 Å². The van der Waals surface area contributed by atoms with Gasteiger partial charge in [0.2, 0.25) is 11.8 Å². The van der Waals surface area contributed by atoms with Crippen molar-refractivity contribution >= 4 is 40.3 Å². The Kier molecular flexibility index (Phi) is 7.92. The first kappa shape index (κ1) is 25.1. The topological polar surface area (TPSA) is 77.0 Å². The van der Waals surface area contributed by atoms with E-state index in [0.29, 0.717) is 59.8 Å². The molecule has 34 heavy (non-hydrogen) atoms. The Balaban J connectivity index is 1.54. The van der Waals surface area contributed by atoms with E-state index in [1.807, 2.05) is 11.8 Å². The molecule has 0 aromatic heterocycles. The minimum Gasteiger partial charge on any atom is -0.356 e. The van der Waals surface area contributed by atoms with Crippen LogP contribution in [0.5, 0.6) is 0 Å². The fourth-order valence-electron chi connectivity index (χ4n) is 5.03. The highest BCUT2D eigenvalue weighted by atomic mass is 35.5. The Hall–Kier alpha value is -2.00. The van der Waals surface area contributed by atoms with E-state index in [9.17, 15) is 14.0 Å². The minimum atomic E-state index is -0.384. The lowest BCUT2D eigenvalue weighted by atomic mass is 9.75. The number of thioether (sulfide) groups is 1. The summed E-state index contributed by atoms with van der Waals surface area (Å²) >= 11 is 7.64. The Labute approximate surface area is 209 Å². The maximum atomic E-state index is 14.3. The van der Waals surface area contributed by atoms with Crippen LogP contribution in [0.3, 0.4) is 0 Å². The Morgan fingerprint density at radius 3 is 2.88 bits per heavy atom.